The monoisotopic (exact) mass is 331 g/mol. The van der Waals surface area contributed by atoms with E-state index in [-0.39, 0.29) is 6.10 Å². The highest BCUT2D eigenvalue weighted by Gasteiger charge is 2.19. The van der Waals surface area contributed by atoms with E-state index in [1.807, 2.05) is 0 Å². The van der Waals surface area contributed by atoms with Crippen molar-refractivity contribution in [2.75, 3.05) is 18.5 Å². The molecule has 1 aliphatic rings. The molecule has 0 spiro atoms. The Balaban J connectivity index is 1.71. The van der Waals surface area contributed by atoms with Gasteiger partial charge in [-0.25, -0.2) is 0 Å². The van der Waals surface area contributed by atoms with Gasteiger partial charge in [0.15, 0.2) is 0 Å². The van der Waals surface area contributed by atoms with Crippen LogP contribution in [0, 0.1) is 6.92 Å². The van der Waals surface area contributed by atoms with Crippen molar-refractivity contribution in [2.45, 2.75) is 19.4 Å². The van der Waals surface area contributed by atoms with E-state index in [0.29, 0.717) is 0 Å². The van der Waals surface area contributed by atoms with Gasteiger partial charge >= 0.3 is 0 Å². The second-order valence-electron chi connectivity index (χ2n) is 5.15. The summed E-state index contributed by atoms with van der Waals surface area (Å²) in [6.45, 7) is 3.70. The van der Waals surface area contributed by atoms with Crippen LogP contribution in [0.1, 0.15) is 22.8 Å². The summed E-state index contributed by atoms with van der Waals surface area (Å²) in [7, 11) is 0. The van der Waals surface area contributed by atoms with Crippen molar-refractivity contribution in [3.8, 4) is 0 Å². The minimum Gasteiger partial charge on any atom is -0.382 e. The molecule has 0 saturated heterocycles. The molecule has 0 aromatic heterocycles. The highest BCUT2D eigenvalue weighted by Crippen LogP contribution is 2.28. The van der Waals surface area contributed by atoms with Crippen LogP contribution < -0.4 is 5.32 Å². The molecule has 20 heavy (non-hydrogen) atoms. The number of benzene rings is 2. The average Bonchev–Trinajstić information content (AvgIpc) is 2.48. The number of hydrogen-bond acceptors (Lipinski definition) is 2. The summed E-state index contributed by atoms with van der Waals surface area (Å²) in [5.41, 5.74) is 5.09. The van der Waals surface area contributed by atoms with Crippen molar-refractivity contribution in [1.29, 1.82) is 0 Å². The Hall–Kier alpha value is -1.32. The van der Waals surface area contributed by atoms with Crippen molar-refractivity contribution in [2.24, 2.45) is 0 Å². The van der Waals surface area contributed by atoms with Crippen molar-refractivity contribution < 1.29 is 4.74 Å². The fraction of sp³-hybridized carbons (Fsp3) is 0.294. The number of aryl methyl sites for hydroxylation is 1. The van der Waals surface area contributed by atoms with Gasteiger partial charge in [0.2, 0.25) is 0 Å². The van der Waals surface area contributed by atoms with Crippen LogP contribution >= 0.6 is 15.9 Å². The van der Waals surface area contributed by atoms with E-state index in [2.05, 4.69) is 70.6 Å². The number of nitrogens with one attached hydrogen (secondary N) is 1. The standard InChI is InChI=1S/C17H18BrNO/c1-12-6-7-14(10-16(12)18)19-11-17-15-5-3-2-4-13(15)8-9-20-17/h2-7,10,17,19H,8-9,11H2,1H3. The maximum atomic E-state index is 5.91. The lowest BCUT2D eigenvalue weighted by molar-refractivity contribution is 0.0513. The summed E-state index contributed by atoms with van der Waals surface area (Å²) < 4.78 is 7.04. The molecular formula is C17H18BrNO. The summed E-state index contributed by atoms with van der Waals surface area (Å²) in [6.07, 6.45) is 1.16. The first-order chi connectivity index (χ1) is 9.74. The van der Waals surface area contributed by atoms with Crippen molar-refractivity contribution >= 4 is 21.6 Å². The molecule has 0 fully saturated rings. The molecule has 2 aromatic carbocycles. The van der Waals surface area contributed by atoms with Gasteiger partial charge < -0.3 is 10.1 Å². The third-order valence-corrected chi connectivity index (χ3v) is 4.61. The van der Waals surface area contributed by atoms with Crippen LogP contribution in [-0.4, -0.2) is 13.2 Å². The minimum atomic E-state index is 0.139. The van der Waals surface area contributed by atoms with Crippen LogP contribution in [0.25, 0.3) is 0 Å². The smallest absolute Gasteiger partial charge is 0.0999 e. The topological polar surface area (TPSA) is 21.3 Å². The van der Waals surface area contributed by atoms with Gasteiger partial charge in [0, 0.05) is 16.7 Å². The molecule has 0 amide bonds. The Bertz CT molecular complexity index is 612. The fourth-order valence-electron chi connectivity index (χ4n) is 2.56. The molecule has 1 atom stereocenters. The summed E-state index contributed by atoms with van der Waals surface area (Å²) in [4.78, 5) is 0. The molecule has 3 rings (SSSR count). The Kier molecular flexibility index (Phi) is 4.08. The van der Waals surface area contributed by atoms with E-state index in [9.17, 15) is 0 Å². The van der Waals surface area contributed by atoms with Gasteiger partial charge in [-0.15, -0.1) is 0 Å². The van der Waals surface area contributed by atoms with Crippen LogP contribution in [0.4, 0.5) is 5.69 Å². The number of halogens is 1. The van der Waals surface area contributed by atoms with Crippen LogP contribution in [0.3, 0.4) is 0 Å². The third-order valence-electron chi connectivity index (χ3n) is 3.76. The van der Waals surface area contributed by atoms with Gasteiger partial charge in [0.05, 0.1) is 12.7 Å². The van der Waals surface area contributed by atoms with Gasteiger partial charge in [0.25, 0.3) is 0 Å². The highest BCUT2D eigenvalue weighted by atomic mass is 79.9. The molecule has 1 aliphatic heterocycles. The third kappa shape index (κ3) is 2.89. The molecule has 0 aliphatic carbocycles. The molecule has 0 saturated carbocycles. The molecule has 1 N–H and O–H groups in total. The zero-order valence-electron chi connectivity index (χ0n) is 11.5. The zero-order valence-corrected chi connectivity index (χ0v) is 13.1. The van der Waals surface area contributed by atoms with Crippen molar-refractivity contribution in [1.82, 2.24) is 0 Å². The molecule has 0 radical (unpaired) electrons. The molecular weight excluding hydrogens is 314 g/mol. The SMILES string of the molecule is Cc1ccc(NCC2OCCc3ccccc32)cc1Br. The number of fused-ring (bicyclic) bond motifs is 1. The lowest BCUT2D eigenvalue weighted by Gasteiger charge is -2.26. The van der Waals surface area contributed by atoms with Crippen molar-refractivity contribution in [3.05, 3.63) is 63.6 Å². The second-order valence-corrected chi connectivity index (χ2v) is 6.01. The Morgan fingerprint density at radius 1 is 1.25 bits per heavy atom. The molecule has 1 heterocycles. The van der Waals surface area contributed by atoms with E-state index in [1.54, 1.807) is 0 Å². The van der Waals surface area contributed by atoms with Crippen LogP contribution in [0.2, 0.25) is 0 Å². The molecule has 3 heteroatoms. The Labute approximate surface area is 128 Å². The summed E-state index contributed by atoms with van der Waals surface area (Å²) in [6, 6.07) is 14.9. The highest BCUT2D eigenvalue weighted by molar-refractivity contribution is 9.10. The van der Waals surface area contributed by atoms with E-state index in [4.69, 9.17) is 4.74 Å². The lowest BCUT2D eigenvalue weighted by Crippen LogP contribution is -2.22. The largest absolute Gasteiger partial charge is 0.382 e. The van der Waals surface area contributed by atoms with E-state index >= 15 is 0 Å². The molecule has 2 nitrogen and oxygen atoms in total. The van der Waals surface area contributed by atoms with Crippen LogP contribution in [0.15, 0.2) is 46.9 Å². The van der Waals surface area contributed by atoms with E-state index in [0.717, 1.165) is 29.7 Å². The minimum absolute atomic E-state index is 0.139. The molecule has 0 bridgehead atoms. The molecule has 1 unspecified atom stereocenters. The van der Waals surface area contributed by atoms with Gasteiger partial charge in [-0.1, -0.05) is 46.3 Å². The second kappa shape index (κ2) is 5.98. The maximum absolute atomic E-state index is 5.91. The Morgan fingerprint density at radius 2 is 2.10 bits per heavy atom. The van der Waals surface area contributed by atoms with Crippen LogP contribution in [0.5, 0.6) is 0 Å². The summed E-state index contributed by atoms with van der Waals surface area (Å²) in [5.74, 6) is 0. The number of hydrogen-bond donors (Lipinski definition) is 1. The molecule has 2 aromatic rings. The van der Waals surface area contributed by atoms with Gasteiger partial charge in [-0.05, 0) is 42.2 Å². The average molecular weight is 332 g/mol. The normalized spacial score (nSPS) is 17.6. The zero-order chi connectivity index (χ0) is 13.9. The first-order valence-electron chi connectivity index (χ1n) is 6.93. The van der Waals surface area contributed by atoms with Crippen LogP contribution in [-0.2, 0) is 11.2 Å². The number of ether oxygens (including phenoxy) is 1. The summed E-state index contributed by atoms with van der Waals surface area (Å²) in [5, 5.41) is 3.47. The number of anilines is 1. The predicted octanol–water partition coefficient (Wildman–Crippen LogP) is 4.48. The van der Waals surface area contributed by atoms with Gasteiger partial charge in [0.1, 0.15) is 0 Å². The van der Waals surface area contributed by atoms with E-state index in [1.165, 1.54) is 16.7 Å². The quantitative estimate of drug-likeness (QED) is 0.895. The Morgan fingerprint density at radius 3 is 2.95 bits per heavy atom. The predicted molar refractivity (Wildman–Crippen MR) is 86.2 cm³/mol. The number of rotatable bonds is 3. The maximum Gasteiger partial charge on any atom is 0.0999 e. The van der Waals surface area contributed by atoms with Gasteiger partial charge in [-0.3, -0.25) is 0 Å². The first-order valence-corrected chi connectivity index (χ1v) is 7.73. The fourth-order valence-corrected chi connectivity index (χ4v) is 2.94. The van der Waals surface area contributed by atoms with Crippen molar-refractivity contribution in [3.63, 3.8) is 0 Å². The first kappa shape index (κ1) is 13.7. The lowest BCUT2D eigenvalue weighted by atomic mass is 9.97. The summed E-state index contributed by atoms with van der Waals surface area (Å²) >= 11 is 3.57. The molecule has 104 valence electrons. The van der Waals surface area contributed by atoms with Gasteiger partial charge in [-0.2, -0.15) is 0 Å². The van der Waals surface area contributed by atoms with E-state index < -0.39 is 0 Å².